The molecule has 9 nitrogen and oxygen atoms in total. The molecule has 0 aliphatic carbocycles. The lowest BCUT2D eigenvalue weighted by atomic mass is 10.0. The van der Waals surface area contributed by atoms with E-state index in [0.29, 0.717) is 23.9 Å². The van der Waals surface area contributed by atoms with Crippen LogP contribution in [0.25, 0.3) is 0 Å². The summed E-state index contributed by atoms with van der Waals surface area (Å²) in [6, 6.07) is -0.870. The summed E-state index contributed by atoms with van der Waals surface area (Å²) in [6.45, 7) is 6.85. The van der Waals surface area contributed by atoms with Gasteiger partial charge in [-0.15, -0.1) is 0 Å². The molecule has 3 unspecified atom stereocenters. The maximum Gasteiger partial charge on any atom is 0.472 e. The SMILES string of the molecule is CC/C=C\C/C=C\C/C=C\C/C=C\C/C=C\C/C=C\CCCCCCC(=O)NC(COP(=O)(O)OCC[N+](C)(C)C)C(/C=C/CCCCCCCCCCC)OC(=O)CCCCCCCCCCCCC/C=C\C/C=C\CCCCC. The van der Waals surface area contributed by atoms with Crippen LogP contribution in [0.5, 0.6) is 0 Å². The van der Waals surface area contributed by atoms with Crippen molar-refractivity contribution in [1.82, 2.24) is 5.32 Å². The first-order chi connectivity index (χ1) is 39.4. The zero-order chi connectivity index (χ0) is 59.3. The number of hydrogen-bond acceptors (Lipinski definition) is 6. The zero-order valence-corrected chi connectivity index (χ0v) is 54.1. The third-order valence-corrected chi connectivity index (χ3v) is 15.2. The molecule has 0 aromatic rings. The van der Waals surface area contributed by atoms with Crippen molar-refractivity contribution in [3.05, 3.63) is 109 Å². The van der Waals surface area contributed by atoms with E-state index in [1.54, 1.807) is 0 Å². The number of phosphoric ester groups is 1. The van der Waals surface area contributed by atoms with E-state index >= 15 is 0 Å². The van der Waals surface area contributed by atoms with Crippen LogP contribution in [0.3, 0.4) is 0 Å². The lowest BCUT2D eigenvalue weighted by Gasteiger charge is -2.27. The predicted molar refractivity (Wildman–Crippen MR) is 350 cm³/mol. The number of esters is 1. The Morgan fingerprint density at radius 1 is 0.444 bits per heavy atom. The molecule has 0 aliphatic heterocycles. The van der Waals surface area contributed by atoms with Crippen molar-refractivity contribution >= 4 is 19.7 Å². The highest BCUT2D eigenvalue weighted by atomic mass is 31.2. The number of amides is 1. The minimum Gasteiger partial charge on any atom is -0.456 e. The topological polar surface area (TPSA) is 111 Å². The number of quaternary nitrogens is 1. The Morgan fingerprint density at radius 3 is 1.21 bits per heavy atom. The molecule has 1 amide bonds. The molecule has 0 spiro atoms. The molecule has 81 heavy (non-hydrogen) atoms. The van der Waals surface area contributed by atoms with Crippen LogP contribution in [-0.4, -0.2) is 74.3 Å². The number of likely N-dealkylation sites (N-methyl/N-ethyl adjacent to an activating group) is 1. The van der Waals surface area contributed by atoms with Gasteiger partial charge in [-0.05, 0) is 115 Å². The number of nitrogens with zero attached hydrogens (tertiary/aromatic N) is 1. The number of nitrogens with one attached hydrogen (secondary N) is 1. The summed E-state index contributed by atoms with van der Waals surface area (Å²) >= 11 is 0. The second-order valence-electron chi connectivity index (χ2n) is 23.3. The van der Waals surface area contributed by atoms with Crippen LogP contribution in [0.1, 0.15) is 278 Å². The number of allylic oxidation sites excluding steroid dienone is 17. The highest BCUT2D eigenvalue weighted by Crippen LogP contribution is 2.43. The Kier molecular flexibility index (Phi) is 57.4. The standard InChI is InChI=1S/C71H125N2O7P/c1-7-10-13-16-19-22-25-27-29-31-33-35-36-38-39-41-43-45-48-51-54-57-60-63-70(74)72-68(67-79-81(76,77)78-66-65-73(4,5)6)69(62-59-56-53-50-47-24-21-18-15-12-9-3)80-71(75)64-61-58-55-52-49-46-44-42-40-37-34-32-30-28-26-23-20-17-14-11-8-2/h10,13,19-20,22-23,27-30,33,35,38-39,43,45,59,62,68-69H,7-9,11-12,14-18,21,24-26,31-32,34,36-37,40-42,44,46-58,60-61,63-67H2,1-6H3,(H-,72,74,76,77)/p+1/b13-10-,22-19-,23-20-,29-27-,30-28-,35-33-,39-38-,45-43-,62-59+. The van der Waals surface area contributed by atoms with E-state index in [4.69, 9.17) is 13.8 Å². The van der Waals surface area contributed by atoms with Gasteiger partial charge < -0.3 is 19.4 Å². The number of hydrogen-bond donors (Lipinski definition) is 2. The molecule has 0 aromatic heterocycles. The lowest BCUT2D eigenvalue weighted by Crippen LogP contribution is -2.47. The van der Waals surface area contributed by atoms with Gasteiger partial charge in [0.1, 0.15) is 19.3 Å². The average molecular weight is 1150 g/mol. The third-order valence-electron chi connectivity index (χ3n) is 14.2. The molecule has 0 rings (SSSR count). The monoisotopic (exact) mass is 1150 g/mol. The fourth-order valence-corrected chi connectivity index (χ4v) is 9.83. The van der Waals surface area contributed by atoms with Crippen molar-refractivity contribution in [2.45, 2.75) is 290 Å². The third kappa shape index (κ3) is 61.1. The van der Waals surface area contributed by atoms with Gasteiger partial charge in [0.15, 0.2) is 0 Å². The van der Waals surface area contributed by atoms with Crippen LogP contribution >= 0.6 is 7.82 Å². The number of rotatable bonds is 59. The molecule has 0 aromatic carbocycles. The molecule has 0 aliphatic rings. The number of phosphoric acid groups is 1. The van der Waals surface area contributed by atoms with Gasteiger partial charge in [0.25, 0.3) is 0 Å². The van der Waals surface area contributed by atoms with Gasteiger partial charge >= 0.3 is 13.8 Å². The number of unbranched alkanes of at least 4 members (excludes halogenated alkanes) is 27. The minimum absolute atomic E-state index is 0.0295. The van der Waals surface area contributed by atoms with Gasteiger partial charge in [-0.1, -0.05) is 259 Å². The Hall–Kier alpha value is -3.33. The van der Waals surface area contributed by atoms with E-state index in [0.717, 1.165) is 109 Å². The van der Waals surface area contributed by atoms with Gasteiger partial charge in [0.2, 0.25) is 5.91 Å². The summed E-state index contributed by atoms with van der Waals surface area (Å²) in [7, 11) is 1.47. The Labute approximate surface area is 500 Å². The summed E-state index contributed by atoms with van der Waals surface area (Å²) < 4.78 is 30.7. The molecule has 466 valence electrons. The van der Waals surface area contributed by atoms with Gasteiger partial charge in [-0.2, -0.15) is 0 Å². The molecule has 0 fully saturated rings. The van der Waals surface area contributed by atoms with Crippen molar-refractivity contribution in [2.24, 2.45) is 0 Å². The van der Waals surface area contributed by atoms with Crippen molar-refractivity contribution in [3.63, 3.8) is 0 Å². The second kappa shape index (κ2) is 59.8. The van der Waals surface area contributed by atoms with Gasteiger partial charge in [0.05, 0.1) is 33.8 Å². The highest BCUT2D eigenvalue weighted by molar-refractivity contribution is 7.47. The quantitative estimate of drug-likeness (QED) is 0.0205. The highest BCUT2D eigenvalue weighted by Gasteiger charge is 2.30. The van der Waals surface area contributed by atoms with Crippen molar-refractivity contribution in [1.29, 1.82) is 0 Å². The van der Waals surface area contributed by atoms with Gasteiger partial charge in [-0.25, -0.2) is 4.57 Å². The average Bonchev–Trinajstić information content (AvgIpc) is 3.43. The molecular formula is C71H126N2O7P+. The predicted octanol–water partition coefficient (Wildman–Crippen LogP) is 20.9. The van der Waals surface area contributed by atoms with E-state index in [-0.39, 0.29) is 31.5 Å². The van der Waals surface area contributed by atoms with Crippen LogP contribution in [-0.2, 0) is 27.9 Å². The van der Waals surface area contributed by atoms with Crippen LogP contribution in [0.2, 0.25) is 0 Å². The number of carbonyl (C=O) groups excluding carboxylic acids is 2. The molecule has 0 saturated heterocycles. The fraction of sp³-hybridized carbons (Fsp3) is 0.718. The summed E-state index contributed by atoms with van der Waals surface area (Å²) in [5.74, 6) is -0.539. The second-order valence-corrected chi connectivity index (χ2v) is 24.7. The van der Waals surface area contributed by atoms with Crippen molar-refractivity contribution in [3.8, 4) is 0 Å². The van der Waals surface area contributed by atoms with Gasteiger partial charge in [-0.3, -0.25) is 18.6 Å². The van der Waals surface area contributed by atoms with E-state index < -0.39 is 20.0 Å². The lowest BCUT2D eigenvalue weighted by molar-refractivity contribution is -0.870. The molecule has 2 N–H and O–H groups in total. The van der Waals surface area contributed by atoms with Crippen LogP contribution in [0.4, 0.5) is 0 Å². The van der Waals surface area contributed by atoms with E-state index in [9.17, 15) is 19.0 Å². The summed E-state index contributed by atoms with van der Waals surface area (Å²) in [4.78, 5) is 37.8. The van der Waals surface area contributed by atoms with E-state index in [2.05, 4.69) is 123 Å². The molecule has 3 atom stereocenters. The first kappa shape index (κ1) is 77.7. The smallest absolute Gasteiger partial charge is 0.456 e. The van der Waals surface area contributed by atoms with Crippen LogP contribution in [0.15, 0.2) is 109 Å². The number of ether oxygens (including phenoxy) is 1. The Bertz CT molecular complexity index is 1750. The van der Waals surface area contributed by atoms with E-state index in [1.165, 1.54) is 128 Å². The Balaban J connectivity index is 5.19. The normalized spacial score (nSPS) is 14.3. The van der Waals surface area contributed by atoms with E-state index in [1.807, 2.05) is 33.3 Å². The maximum atomic E-state index is 13.6. The Morgan fingerprint density at radius 2 is 0.790 bits per heavy atom. The van der Waals surface area contributed by atoms with Gasteiger partial charge in [0, 0.05) is 12.8 Å². The zero-order valence-electron chi connectivity index (χ0n) is 53.2. The van der Waals surface area contributed by atoms with Crippen molar-refractivity contribution in [2.75, 3.05) is 40.9 Å². The first-order valence-electron chi connectivity index (χ1n) is 33.2. The molecule has 0 bridgehead atoms. The summed E-state index contributed by atoms with van der Waals surface area (Å²) in [5, 5.41) is 3.05. The minimum atomic E-state index is -4.47. The van der Waals surface area contributed by atoms with Crippen LogP contribution < -0.4 is 5.32 Å². The molecule has 0 heterocycles. The summed E-state index contributed by atoms with van der Waals surface area (Å²) in [5.41, 5.74) is 0. The summed E-state index contributed by atoms with van der Waals surface area (Å²) in [6.07, 6.45) is 82.3. The van der Waals surface area contributed by atoms with Crippen molar-refractivity contribution < 1.29 is 37.3 Å². The molecule has 10 heteroatoms. The molecule has 0 radical (unpaired) electrons. The fourth-order valence-electron chi connectivity index (χ4n) is 9.09. The largest absolute Gasteiger partial charge is 0.472 e. The molecule has 0 saturated carbocycles. The maximum absolute atomic E-state index is 13.6. The number of carbonyl (C=O) groups is 2. The molecular weight excluding hydrogens is 1020 g/mol. The van der Waals surface area contributed by atoms with Crippen LogP contribution in [0, 0.1) is 0 Å². The first-order valence-corrected chi connectivity index (χ1v) is 34.7.